The number of carbonyl (C=O) groups excluding carboxylic acids is 3. The smallest absolute Gasteiger partial charge is 0.239 e. The third-order valence-electron chi connectivity index (χ3n) is 2.53. The normalized spacial score (nSPS) is 19.1. The second-order valence-corrected chi connectivity index (χ2v) is 4.62. The average molecular weight is 241 g/mol. The number of nitrogens with zero attached hydrogens (tertiary/aromatic N) is 1. The Morgan fingerprint density at radius 2 is 2.18 bits per heavy atom. The lowest BCUT2D eigenvalue weighted by Crippen LogP contribution is -2.43. The van der Waals surface area contributed by atoms with E-state index in [1.54, 1.807) is 7.05 Å². The van der Waals surface area contributed by atoms with Crippen LogP contribution in [-0.2, 0) is 14.4 Å². The zero-order valence-corrected chi connectivity index (χ0v) is 10.4. The molecule has 96 valence electrons. The summed E-state index contributed by atoms with van der Waals surface area (Å²) in [5, 5.41) is 5.32. The summed E-state index contributed by atoms with van der Waals surface area (Å²) in [6, 6.07) is 0.0562. The lowest BCUT2D eigenvalue weighted by atomic mass is 10.1. The molecule has 3 amide bonds. The maximum Gasteiger partial charge on any atom is 0.239 e. The summed E-state index contributed by atoms with van der Waals surface area (Å²) in [5.74, 6) is -0.793. The second-order valence-electron chi connectivity index (χ2n) is 4.62. The van der Waals surface area contributed by atoms with Gasteiger partial charge in [-0.25, -0.2) is 0 Å². The summed E-state index contributed by atoms with van der Waals surface area (Å²) >= 11 is 0. The van der Waals surface area contributed by atoms with Gasteiger partial charge in [-0.1, -0.05) is 0 Å². The highest BCUT2D eigenvalue weighted by Gasteiger charge is 2.30. The van der Waals surface area contributed by atoms with Crippen molar-refractivity contribution in [1.82, 2.24) is 15.5 Å². The summed E-state index contributed by atoms with van der Waals surface area (Å²) in [6.45, 7) is 4.12. The molecule has 1 atom stereocenters. The van der Waals surface area contributed by atoms with Crippen molar-refractivity contribution in [3.05, 3.63) is 0 Å². The molecule has 1 aliphatic heterocycles. The van der Waals surface area contributed by atoms with Crippen LogP contribution in [0.2, 0.25) is 0 Å². The second kappa shape index (κ2) is 5.65. The van der Waals surface area contributed by atoms with Gasteiger partial charge < -0.3 is 15.5 Å². The van der Waals surface area contributed by atoms with Gasteiger partial charge in [-0.15, -0.1) is 0 Å². The van der Waals surface area contributed by atoms with Gasteiger partial charge >= 0.3 is 0 Å². The van der Waals surface area contributed by atoms with E-state index in [4.69, 9.17) is 0 Å². The lowest BCUT2D eigenvalue weighted by Gasteiger charge is -2.20. The molecule has 17 heavy (non-hydrogen) atoms. The highest BCUT2D eigenvalue weighted by Crippen LogP contribution is 2.11. The van der Waals surface area contributed by atoms with Crippen LogP contribution >= 0.6 is 0 Å². The van der Waals surface area contributed by atoms with Gasteiger partial charge in [0, 0.05) is 26.1 Å². The van der Waals surface area contributed by atoms with Crippen molar-refractivity contribution in [2.45, 2.75) is 26.3 Å². The van der Waals surface area contributed by atoms with Crippen LogP contribution in [0.3, 0.4) is 0 Å². The van der Waals surface area contributed by atoms with Crippen LogP contribution in [0.4, 0.5) is 0 Å². The van der Waals surface area contributed by atoms with Crippen molar-refractivity contribution >= 4 is 17.7 Å². The van der Waals surface area contributed by atoms with Crippen molar-refractivity contribution < 1.29 is 14.4 Å². The monoisotopic (exact) mass is 241 g/mol. The predicted molar refractivity (Wildman–Crippen MR) is 62.0 cm³/mol. The van der Waals surface area contributed by atoms with Crippen molar-refractivity contribution in [3.8, 4) is 0 Å². The van der Waals surface area contributed by atoms with Crippen LogP contribution in [0.5, 0.6) is 0 Å². The Balaban J connectivity index is 2.41. The van der Waals surface area contributed by atoms with Crippen LogP contribution in [0.25, 0.3) is 0 Å². The highest BCUT2D eigenvalue weighted by molar-refractivity contribution is 5.91. The van der Waals surface area contributed by atoms with E-state index in [1.807, 2.05) is 13.8 Å². The van der Waals surface area contributed by atoms with Crippen molar-refractivity contribution in [3.63, 3.8) is 0 Å². The molecule has 1 saturated heterocycles. The summed E-state index contributed by atoms with van der Waals surface area (Å²) in [6.07, 6.45) is 0.217. The fraction of sp³-hybridized carbons (Fsp3) is 0.727. The largest absolute Gasteiger partial charge is 0.355 e. The Morgan fingerprint density at radius 3 is 2.65 bits per heavy atom. The SMILES string of the molecule is CC(C)NC(=O)CN(C)C(=O)C1CNC(=O)C1. The number of rotatable bonds is 4. The molecule has 0 saturated carbocycles. The van der Waals surface area contributed by atoms with Gasteiger partial charge in [0.1, 0.15) is 0 Å². The molecule has 0 aromatic heterocycles. The standard InChI is InChI=1S/C11H19N3O3/c1-7(2)13-10(16)6-14(3)11(17)8-4-9(15)12-5-8/h7-8H,4-6H2,1-3H3,(H,12,15)(H,13,16). The first-order valence-corrected chi connectivity index (χ1v) is 5.71. The van der Waals surface area contributed by atoms with Crippen molar-refractivity contribution in [2.75, 3.05) is 20.1 Å². The minimum absolute atomic E-state index is 0.0295. The Morgan fingerprint density at radius 1 is 1.53 bits per heavy atom. The molecule has 6 nitrogen and oxygen atoms in total. The molecule has 0 radical (unpaired) electrons. The number of amides is 3. The van der Waals surface area contributed by atoms with E-state index in [9.17, 15) is 14.4 Å². The van der Waals surface area contributed by atoms with Gasteiger partial charge in [-0.3, -0.25) is 14.4 Å². The molecule has 0 spiro atoms. The Bertz CT molecular complexity index is 328. The molecule has 1 rings (SSSR count). The van der Waals surface area contributed by atoms with E-state index in [2.05, 4.69) is 10.6 Å². The molecular formula is C11H19N3O3. The van der Waals surface area contributed by atoms with Crippen LogP contribution < -0.4 is 10.6 Å². The van der Waals surface area contributed by atoms with Crippen LogP contribution in [0.1, 0.15) is 20.3 Å². The first kappa shape index (κ1) is 13.5. The Kier molecular flexibility index (Phi) is 4.48. The fourth-order valence-electron chi connectivity index (χ4n) is 1.75. The van der Waals surface area contributed by atoms with Crippen LogP contribution in [-0.4, -0.2) is 48.8 Å². The van der Waals surface area contributed by atoms with Gasteiger partial charge in [-0.05, 0) is 13.8 Å². The first-order chi connectivity index (χ1) is 7.90. The molecule has 1 aliphatic rings. The maximum atomic E-state index is 11.9. The third-order valence-corrected chi connectivity index (χ3v) is 2.53. The molecule has 6 heteroatoms. The maximum absolute atomic E-state index is 11.9. The molecule has 1 fully saturated rings. The zero-order chi connectivity index (χ0) is 13.0. The van der Waals surface area contributed by atoms with E-state index in [0.29, 0.717) is 6.54 Å². The van der Waals surface area contributed by atoms with Crippen LogP contribution in [0, 0.1) is 5.92 Å². The Labute approximate surface area is 101 Å². The van der Waals surface area contributed by atoms with Gasteiger partial charge in [0.25, 0.3) is 0 Å². The summed E-state index contributed by atoms with van der Waals surface area (Å²) < 4.78 is 0. The summed E-state index contributed by atoms with van der Waals surface area (Å²) in [7, 11) is 1.57. The molecular weight excluding hydrogens is 222 g/mol. The van der Waals surface area contributed by atoms with E-state index in [0.717, 1.165) is 0 Å². The lowest BCUT2D eigenvalue weighted by molar-refractivity contribution is -0.138. The van der Waals surface area contributed by atoms with E-state index in [-0.39, 0.29) is 42.6 Å². The highest BCUT2D eigenvalue weighted by atomic mass is 16.2. The number of carbonyl (C=O) groups is 3. The van der Waals surface area contributed by atoms with Gasteiger partial charge in [0.2, 0.25) is 17.7 Å². The van der Waals surface area contributed by atoms with E-state index < -0.39 is 0 Å². The number of hydrogen-bond donors (Lipinski definition) is 2. The molecule has 0 aliphatic carbocycles. The van der Waals surface area contributed by atoms with Gasteiger partial charge in [0.05, 0.1) is 12.5 Å². The molecule has 0 aromatic carbocycles. The van der Waals surface area contributed by atoms with Gasteiger partial charge in [0.15, 0.2) is 0 Å². The minimum Gasteiger partial charge on any atom is -0.355 e. The molecule has 0 bridgehead atoms. The van der Waals surface area contributed by atoms with Crippen molar-refractivity contribution in [1.29, 1.82) is 0 Å². The molecule has 0 aromatic rings. The average Bonchev–Trinajstić information content (AvgIpc) is 2.62. The fourth-order valence-corrected chi connectivity index (χ4v) is 1.75. The van der Waals surface area contributed by atoms with Crippen molar-refractivity contribution in [2.24, 2.45) is 5.92 Å². The molecule has 1 heterocycles. The first-order valence-electron chi connectivity index (χ1n) is 5.71. The number of nitrogens with one attached hydrogen (secondary N) is 2. The predicted octanol–water partition coefficient (Wildman–Crippen LogP) is -0.894. The topological polar surface area (TPSA) is 78.5 Å². The molecule has 2 N–H and O–H groups in total. The molecule has 1 unspecified atom stereocenters. The van der Waals surface area contributed by atoms with E-state index >= 15 is 0 Å². The van der Waals surface area contributed by atoms with Gasteiger partial charge in [-0.2, -0.15) is 0 Å². The number of hydrogen-bond acceptors (Lipinski definition) is 3. The Hall–Kier alpha value is -1.59. The summed E-state index contributed by atoms with van der Waals surface area (Å²) in [5.41, 5.74) is 0. The van der Waals surface area contributed by atoms with E-state index in [1.165, 1.54) is 4.90 Å². The third kappa shape index (κ3) is 4.05. The van der Waals surface area contributed by atoms with Crippen LogP contribution in [0.15, 0.2) is 0 Å². The zero-order valence-electron chi connectivity index (χ0n) is 10.4. The number of likely N-dealkylation sites (N-methyl/N-ethyl adjacent to an activating group) is 1. The summed E-state index contributed by atoms with van der Waals surface area (Å²) in [4.78, 5) is 35.7. The quantitative estimate of drug-likeness (QED) is 0.670. The minimum atomic E-state index is -0.334.